The molecule has 3 atom stereocenters. The summed E-state index contributed by atoms with van der Waals surface area (Å²) in [6.07, 6.45) is -6.07. The number of thiazole rings is 1. The Kier molecular flexibility index (Phi) is 13.0. The average molecular weight is 758 g/mol. The van der Waals surface area contributed by atoms with Gasteiger partial charge < -0.3 is 20.2 Å². The lowest BCUT2D eigenvalue weighted by atomic mass is 9.97. The van der Waals surface area contributed by atoms with Crippen LogP contribution in [-0.2, 0) is 34.0 Å². The molecule has 1 aromatic heterocycles. The molecule has 4 rings (SSSR count). The molecule has 0 aliphatic carbocycles. The highest BCUT2D eigenvalue weighted by atomic mass is 35.5. The Morgan fingerprint density at radius 2 is 1.78 bits per heavy atom. The van der Waals surface area contributed by atoms with E-state index in [0.717, 1.165) is 26.6 Å². The zero-order valence-corrected chi connectivity index (χ0v) is 30.9. The molecule has 2 heterocycles. The first kappa shape index (κ1) is 39.5. The maximum absolute atomic E-state index is 14.0. The second-order valence-electron chi connectivity index (χ2n) is 13.2. The van der Waals surface area contributed by atoms with Crippen molar-refractivity contribution in [2.45, 2.75) is 76.8 Å². The fourth-order valence-corrected chi connectivity index (χ4v) is 8.69. The summed E-state index contributed by atoms with van der Waals surface area (Å²) in [6, 6.07) is 8.80. The van der Waals surface area contributed by atoms with Gasteiger partial charge in [-0.1, -0.05) is 69.6 Å². The highest BCUT2D eigenvalue weighted by Gasteiger charge is 2.41. The number of hydrogen-bond donors (Lipinski definition) is 2. The van der Waals surface area contributed by atoms with E-state index in [9.17, 15) is 36.3 Å². The number of amides is 3. The van der Waals surface area contributed by atoms with Gasteiger partial charge in [0, 0.05) is 31.6 Å². The van der Waals surface area contributed by atoms with E-state index >= 15 is 0 Å². The summed E-state index contributed by atoms with van der Waals surface area (Å²) < 4.78 is 68.6. The van der Waals surface area contributed by atoms with Crippen molar-refractivity contribution in [3.8, 4) is 0 Å². The number of aromatic nitrogens is 1. The lowest BCUT2D eigenvalue weighted by Gasteiger charge is -2.34. The molecule has 3 amide bonds. The standard InChI is InChI=1S/C34H43ClF3N5O5S2/c1-21(2)17-42(50(47,48)30-12-11-25(16-27(30)35)34(36,37)38)19-29(44)28(15-24-9-7-6-8-10-24)40-32(45)31(22(3)4)43-14-13-41(33(43)46)18-26-20-49-23(5)39-26/h6-12,16,20-22,28-29,31,44H,13-15,17-19H2,1-5H3,(H,40,45)/t28-,29-,31-/m0/s1. The summed E-state index contributed by atoms with van der Waals surface area (Å²) in [5.41, 5.74) is 0.418. The Labute approximate surface area is 300 Å². The summed E-state index contributed by atoms with van der Waals surface area (Å²) >= 11 is 7.59. The quantitative estimate of drug-likeness (QED) is 0.202. The number of alkyl halides is 3. The predicted octanol–water partition coefficient (Wildman–Crippen LogP) is 5.82. The Morgan fingerprint density at radius 3 is 2.34 bits per heavy atom. The molecule has 0 radical (unpaired) electrons. The highest BCUT2D eigenvalue weighted by molar-refractivity contribution is 7.89. The SMILES string of the molecule is Cc1nc(CN2CCN([C@H](C(=O)N[C@@H](Cc3ccccc3)[C@@H](O)CN(CC(C)C)S(=O)(=O)c3ccc(C(F)(F)F)cc3Cl)C(C)C)C2=O)cs1. The van der Waals surface area contributed by atoms with Crippen LogP contribution in [0.2, 0.25) is 5.02 Å². The predicted molar refractivity (Wildman–Crippen MR) is 186 cm³/mol. The molecule has 0 bridgehead atoms. The number of sulfonamides is 1. The molecule has 274 valence electrons. The molecule has 0 spiro atoms. The van der Waals surface area contributed by atoms with E-state index in [1.54, 1.807) is 43.0 Å². The molecule has 2 aromatic carbocycles. The van der Waals surface area contributed by atoms with Crippen LogP contribution in [0.5, 0.6) is 0 Å². The van der Waals surface area contributed by atoms with E-state index in [4.69, 9.17) is 11.6 Å². The van der Waals surface area contributed by atoms with Gasteiger partial charge in [0.1, 0.15) is 10.9 Å². The van der Waals surface area contributed by atoms with Gasteiger partial charge >= 0.3 is 12.2 Å². The van der Waals surface area contributed by atoms with Crippen LogP contribution in [0, 0.1) is 18.8 Å². The number of halogens is 4. The number of nitrogens with one attached hydrogen (secondary N) is 1. The van der Waals surface area contributed by atoms with E-state index in [1.165, 1.54) is 16.2 Å². The lowest BCUT2D eigenvalue weighted by molar-refractivity contribution is -0.137. The van der Waals surface area contributed by atoms with Crippen molar-refractivity contribution in [3.05, 3.63) is 80.8 Å². The molecule has 1 aliphatic rings. The van der Waals surface area contributed by atoms with Crippen molar-refractivity contribution in [2.24, 2.45) is 11.8 Å². The van der Waals surface area contributed by atoms with Crippen LogP contribution in [0.4, 0.5) is 18.0 Å². The van der Waals surface area contributed by atoms with Crippen molar-refractivity contribution in [1.82, 2.24) is 24.4 Å². The summed E-state index contributed by atoms with van der Waals surface area (Å²) in [6.45, 7) is 9.46. The fraction of sp³-hybridized carbons (Fsp3) is 0.500. The van der Waals surface area contributed by atoms with Crippen LogP contribution in [-0.4, -0.2) is 88.9 Å². The molecule has 2 N–H and O–H groups in total. The summed E-state index contributed by atoms with van der Waals surface area (Å²) in [4.78, 5) is 34.6. The number of rotatable bonds is 15. The first-order valence-electron chi connectivity index (χ1n) is 16.2. The maximum Gasteiger partial charge on any atom is 0.416 e. The average Bonchev–Trinajstić information content (AvgIpc) is 3.60. The molecule has 3 aromatic rings. The molecular weight excluding hydrogens is 715 g/mol. The molecule has 0 saturated carbocycles. The zero-order chi connectivity index (χ0) is 37.0. The van der Waals surface area contributed by atoms with Gasteiger partial charge in [0.05, 0.1) is 40.0 Å². The fourth-order valence-electron chi connectivity index (χ4n) is 5.95. The van der Waals surface area contributed by atoms with E-state index in [-0.39, 0.29) is 30.8 Å². The molecule has 16 heteroatoms. The topological polar surface area (TPSA) is 123 Å². The van der Waals surface area contributed by atoms with Crippen molar-refractivity contribution >= 4 is 44.9 Å². The molecule has 1 fully saturated rings. The van der Waals surface area contributed by atoms with Crippen molar-refractivity contribution in [2.75, 3.05) is 26.2 Å². The molecule has 0 unspecified atom stereocenters. The summed E-state index contributed by atoms with van der Waals surface area (Å²) in [7, 11) is -4.50. The number of aliphatic hydroxyl groups is 1. The van der Waals surface area contributed by atoms with E-state index in [1.807, 2.05) is 32.2 Å². The molecular formula is C34H43ClF3N5O5S2. The monoisotopic (exact) mass is 757 g/mol. The zero-order valence-electron chi connectivity index (χ0n) is 28.5. The number of carbonyl (C=O) groups excluding carboxylic acids is 2. The van der Waals surface area contributed by atoms with Gasteiger partial charge in [0.25, 0.3) is 0 Å². The summed E-state index contributed by atoms with van der Waals surface area (Å²) in [5.74, 6) is -1.06. The number of aliphatic hydroxyl groups excluding tert-OH is 1. The normalized spacial score (nSPS) is 16.1. The Morgan fingerprint density at radius 1 is 1.10 bits per heavy atom. The number of aryl methyl sites for hydroxylation is 1. The third kappa shape index (κ3) is 9.75. The van der Waals surface area contributed by atoms with E-state index < -0.39 is 62.3 Å². The second-order valence-corrected chi connectivity index (χ2v) is 16.6. The van der Waals surface area contributed by atoms with Gasteiger partial charge in [-0.15, -0.1) is 11.3 Å². The second kappa shape index (κ2) is 16.4. The van der Waals surface area contributed by atoms with Crippen molar-refractivity contribution < 1.29 is 36.3 Å². The van der Waals surface area contributed by atoms with Crippen LogP contribution in [0.3, 0.4) is 0 Å². The minimum atomic E-state index is -4.73. The van der Waals surface area contributed by atoms with Crippen molar-refractivity contribution in [3.63, 3.8) is 0 Å². The first-order valence-corrected chi connectivity index (χ1v) is 18.9. The van der Waals surface area contributed by atoms with Gasteiger partial charge in [-0.2, -0.15) is 17.5 Å². The van der Waals surface area contributed by atoms with Crippen LogP contribution < -0.4 is 5.32 Å². The number of benzene rings is 2. The van der Waals surface area contributed by atoms with Gasteiger partial charge in [-0.05, 0) is 48.9 Å². The maximum atomic E-state index is 14.0. The smallest absolute Gasteiger partial charge is 0.390 e. The number of nitrogens with zero attached hydrogens (tertiary/aromatic N) is 4. The highest BCUT2D eigenvalue weighted by Crippen LogP contribution is 2.34. The van der Waals surface area contributed by atoms with Crippen LogP contribution in [0.15, 0.2) is 58.8 Å². The lowest BCUT2D eigenvalue weighted by Crippen LogP contribution is -2.57. The van der Waals surface area contributed by atoms with Crippen LogP contribution >= 0.6 is 22.9 Å². The number of urea groups is 1. The van der Waals surface area contributed by atoms with Gasteiger partial charge in [-0.25, -0.2) is 18.2 Å². The largest absolute Gasteiger partial charge is 0.416 e. The molecule has 10 nitrogen and oxygen atoms in total. The van der Waals surface area contributed by atoms with Crippen LogP contribution in [0.25, 0.3) is 0 Å². The van der Waals surface area contributed by atoms with Crippen LogP contribution in [0.1, 0.15) is 49.5 Å². The molecule has 1 saturated heterocycles. The minimum Gasteiger partial charge on any atom is -0.390 e. The minimum absolute atomic E-state index is 0.0893. The Bertz CT molecular complexity index is 1740. The third-order valence-corrected chi connectivity index (χ3v) is 11.4. The van der Waals surface area contributed by atoms with E-state index in [2.05, 4.69) is 10.3 Å². The van der Waals surface area contributed by atoms with Gasteiger partial charge in [-0.3, -0.25) is 4.79 Å². The Hall–Kier alpha value is -3.24. The Balaban J connectivity index is 1.60. The molecule has 1 aliphatic heterocycles. The third-order valence-electron chi connectivity index (χ3n) is 8.31. The first-order chi connectivity index (χ1) is 23.4. The van der Waals surface area contributed by atoms with E-state index in [0.29, 0.717) is 31.8 Å². The molecule has 50 heavy (non-hydrogen) atoms. The number of carbonyl (C=O) groups is 2. The van der Waals surface area contributed by atoms with Crippen molar-refractivity contribution in [1.29, 1.82) is 0 Å². The van der Waals surface area contributed by atoms with Gasteiger partial charge in [0.2, 0.25) is 15.9 Å². The number of hydrogen-bond acceptors (Lipinski definition) is 7. The van der Waals surface area contributed by atoms with Gasteiger partial charge in [0.15, 0.2) is 0 Å². The summed E-state index contributed by atoms with van der Waals surface area (Å²) in [5, 5.41) is 16.8.